The standard InChI is InChI=1S/C21H27F5O/c1-13-2-6-16(7-3-13)17-8-4-14(5-9-17)10-15-11-18(22)20(19(23)12-15)27-21(24,25)26/h11-14,16-17H,2-10H2,1H3. The van der Waals surface area contributed by atoms with Gasteiger partial charge in [0.1, 0.15) is 0 Å². The van der Waals surface area contributed by atoms with Gasteiger partial charge in [-0.1, -0.05) is 19.8 Å². The maximum atomic E-state index is 13.9. The summed E-state index contributed by atoms with van der Waals surface area (Å²) in [5.74, 6) is -1.23. The molecular weight excluding hydrogens is 363 g/mol. The van der Waals surface area contributed by atoms with Gasteiger partial charge in [-0.2, -0.15) is 0 Å². The fraction of sp³-hybridized carbons (Fsp3) is 0.714. The van der Waals surface area contributed by atoms with E-state index >= 15 is 0 Å². The number of benzene rings is 1. The third-order valence-corrected chi connectivity index (χ3v) is 6.42. The molecule has 0 amide bonds. The maximum Gasteiger partial charge on any atom is 0.573 e. The van der Waals surface area contributed by atoms with Crippen molar-refractivity contribution in [1.82, 2.24) is 0 Å². The van der Waals surface area contributed by atoms with E-state index in [1.807, 2.05) is 0 Å². The summed E-state index contributed by atoms with van der Waals surface area (Å²) in [5, 5.41) is 0. The second kappa shape index (κ2) is 8.36. The van der Waals surface area contributed by atoms with Gasteiger partial charge in [0.25, 0.3) is 0 Å². The summed E-state index contributed by atoms with van der Waals surface area (Å²) in [6, 6.07) is 1.94. The fourth-order valence-corrected chi connectivity index (χ4v) is 4.90. The third-order valence-electron chi connectivity index (χ3n) is 6.42. The summed E-state index contributed by atoms with van der Waals surface area (Å²) < 4.78 is 67.9. The smallest absolute Gasteiger partial charge is 0.399 e. The van der Waals surface area contributed by atoms with E-state index in [0.29, 0.717) is 17.9 Å². The van der Waals surface area contributed by atoms with Crippen molar-refractivity contribution < 1.29 is 26.7 Å². The molecule has 2 aliphatic carbocycles. The first kappa shape index (κ1) is 20.4. The zero-order valence-electron chi connectivity index (χ0n) is 15.6. The van der Waals surface area contributed by atoms with Crippen molar-refractivity contribution in [3.8, 4) is 5.75 Å². The number of rotatable bonds is 4. The molecule has 0 aliphatic heterocycles. The summed E-state index contributed by atoms with van der Waals surface area (Å²) in [5.41, 5.74) is 0.398. The van der Waals surface area contributed by atoms with E-state index in [2.05, 4.69) is 11.7 Å². The van der Waals surface area contributed by atoms with E-state index in [0.717, 1.165) is 55.6 Å². The number of halogens is 5. The number of hydrogen-bond donors (Lipinski definition) is 0. The Bertz CT molecular complexity index is 603. The summed E-state index contributed by atoms with van der Waals surface area (Å²) in [6.07, 6.45) is 4.95. The van der Waals surface area contributed by atoms with Gasteiger partial charge in [0.15, 0.2) is 11.6 Å². The molecule has 152 valence electrons. The summed E-state index contributed by atoms with van der Waals surface area (Å²) in [7, 11) is 0. The lowest BCUT2D eigenvalue weighted by atomic mass is 9.69. The lowest BCUT2D eigenvalue weighted by molar-refractivity contribution is -0.276. The molecule has 0 saturated heterocycles. The Hall–Kier alpha value is -1.33. The zero-order chi connectivity index (χ0) is 19.6. The molecule has 0 bridgehead atoms. The molecule has 1 nitrogen and oxygen atoms in total. The van der Waals surface area contributed by atoms with Crippen LogP contribution in [0.1, 0.15) is 63.9 Å². The van der Waals surface area contributed by atoms with E-state index in [4.69, 9.17) is 0 Å². The van der Waals surface area contributed by atoms with Gasteiger partial charge in [0.2, 0.25) is 5.75 Å². The van der Waals surface area contributed by atoms with E-state index < -0.39 is 23.7 Å². The van der Waals surface area contributed by atoms with Crippen molar-refractivity contribution in [3.05, 3.63) is 29.3 Å². The molecular formula is C21H27F5O. The lowest BCUT2D eigenvalue weighted by Gasteiger charge is -2.37. The van der Waals surface area contributed by atoms with Gasteiger partial charge in [0.05, 0.1) is 0 Å². The van der Waals surface area contributed by atoms with Crippen LogP contribution in [0.5, 0.6) is 5.75 Å². The zero-order valence-corrected chi connectivity index (χ0v) is 15.6. The predicted octanol–water partition coefficient (Wildman–Crippen LogP) is 7.04. The molecule has 0 aromatic heterocycles. The molecule has 3 rings (SSSR count). The molecule has 2 saturated carbocycles. The lowest BCUT2D eigenvalue weighted by Crippen LogP contribution is -2.26. The van der Waals surface area contributed by atoms with E-state index in [1.165, 1.54) is 25.7 Å². The van der Waals surface area contributed by atoms with E-state index in [1.54, 1.807) is 0 Å². The third kappa shape index (κ3) is 5.58. The molecule has 6 heteroatoms. The quantitative estimate of drug-likeness (QED) is 0.501. The molecule has 27 heavy (non-hydrogen) atoms. The van der Waals surface area contributed by atoms with Crippen molar-refractivity contribution >= 4 is 0 Å². The Balaban J connectivity index is 1.54. The Labute approximate surface area is 157 Å². The fourth-order valence-electron chi connectivity index (χ4n) is 4.90. The highest BCUT2D eigenvalue weighted by atomic mass is 19.4. The van der Waals surface area contributed by atoms with Gasteiger partial charge in [-0.25, -0.2) is 8.78 Å². The molecule has 0 unspecified atom stereocenters. The van der Waals surface area contributed by atoms with Crippen LogP contribution in [-0.4, -0.2) is 6.36 Å². The maximum absolute atomic E-state index is 13.9. The molecule has 2 aliphatic rings. The van der Waals surface area contributed by atoms with Crippen molar-refractivity contribution in [2.75, 3.05) is 0 Å². The average molecular weight is 390 g/mol. The van der Waals surface area contributed by atoms with Gasteiger partial charge in [-0.15, -0.1) is 13.2 Å². The van der Waals surface area contributed by atoms with Gasteiger partial charge < -0.3 is 4.74 Å². The number of alkyl halides is 3. The van der Waals surface area contributed by atoms with Crippen molar-refractivity contribution in [2.45, 2.75) is 71.1 Å². The largest absolute Gasteiger partial charge is 0.573 e. The summed E-state index contributed by atoms with van der Waals surface area (Å²) >= 11 is 0. The highest BCUT2D eigenvalue weighted by molar-refractivity contribution is 5.31. The van der Waals surface area contributed by atoms with Crippen LogP contribution in [0.15, 0.2) is 12.1 Å². The number of ether oxygens (including phenoxy) is 1. The first-order valence-electron chi connectivity index (χ1n) is 9.95. The second-order valence-corrected chi connectivity index (χ2v) is 8.44. The Morgan fingerprint density at radius 1 is 0.852 bits per heavy atom. The van der Waals surface area contributed by atoms with Crippen LogP contribution in [0.4, 0.5) is 22.0 Å². The van der Waals surface area contributed by atoms with Crippen LogP contribution in [0, 0.1) is 35.3 Å². The van der Waals surface area contributed by atoms with Crippen LogP contribution in [0.3, 0.4) is 0 Å². The SMILES string of the molecule is CC1CCC(C2CCC(Cc3cc(F)c(OC(F)(F)F)c(F)c3)CC2)CC1. The number of hydrogen-bond acceptors (Lipinski definition) is 1. The topological polar surface area (TPSA) is 9.23 Å². The second-order valence-electron chi connectivity index (χ2n) is 8.44. The molecule has 0 N–H and O–H groups in total. The first-order chi connectivity index (χ1) is 12.7. The Morgan fingerprint density at radius 3 is 1.81 bits per heavy atom. The normalized spacial score (nSPS) is 29.6. The van der Waals surface area contributed by atoms with Crippen molar-refractivity contribution in [3.63, 3.8) is 0 Å². The van der Waals surface area contributed by atoms with Crippen LogP contribution in [0.25, 0.3) is 0 Å². The first-order valence-corrected chi connectivity index (χ1v) is 9.95. The molecule has 0 spiro atoms. The van der Waals surface area contributed by atoms with Crippen LogP contribution in [0.2, 0.25) is 0 Å². The van der Waals surface area contributed by atoms with Crippen molar-refractivity contribution in [1.29, 1.82) is 0 Å². The molecule has 0 heterocycles. The Morgan fingerprint density at radius 2 is 1.33 bits per heavy atom. The highest BCUT2D eigenvalue weighted by Gasteiger charge is 2.34. The molecule has 1 aromatic carbocycles. The van der Waals surface area contributed by atoms with Gasteiger partial charge in [0, 0.05) is 0 Å². The van der Waals surface area contributed by atoms with Gasteiger partial charge in [-0.3, -0.25) is 0 Å². The van der Waals surface area contributed by atoms with E-state index in [-0.39, 0.29) is 0 Å². The van der Waals surface area contributed by atoms with Gasteiger partial charge >= 0.3 is 6.36 Å². The monoisotopic (exact) mass is 390 g/mol. The summed E-state index contributed by atoms with van der Waals surface area (Å²) in [4.78, 5) is 0. The minimum Gasteiger partial charge on any atom is -0.399 e. The Kier molecular flexibility index (Phi) is 6.32. The van der Waals surface area contributed by atoms with E-state index in [9.17, 15) is 22.0 Å². The van der Waals surface area contributed by atoms with Crippen molar-refractivity contribution in [2.24, 2.45) is 23.7 Å². The highest BCUT2D eigenvalue weighted by Crippen LogP contribution is 2.42. The van der Waals surface area contributed by atoms with Crippen LogP contribution in [-0.2, 0) is 6.42 Å². The minimum atomic E-state index is -5.11. The van der Waals surface area contributed by atoms with Crippen LogP contribution >= 0.6 is 0 Å². The molecule has 1 aromatic rings. The van der Waals surface area contributed by atoms with Crippen LogP contribution < -0.4 is 4.74 Å². The predicted molar refractivity (Wildman–Crippen MR) is 93.3 cm³/mol. The molecule has 0 radical (unpaired) electrons. The summed E-state index contributed by atoms with van der Waals surface area (Å²) in [6.45, 7) is 2.32. The molecule has 0 atom stereocenters. The van der Waals surface area contributed by atoms with Gasteiger partial charge in [-0.05, 0) is 86.3 Å². The molecule has 2 fully saturated rings. The average Bonchev–Trinajstić information content (AvgIpc) is 2.59. The minimum absolute atomic E-state index is 0.331.